The summed E-state index contributed by atoms with van der Waals surface area (Å²) in [6, 6.07) is 3.93. The van der Waals surface area contributed by atoms with Gasteiger partial charge in [-0.2, -0.15) is 0 Å². The van der Waals surface area contributed by atoms with Crippen LogP contribution in [0.2, 0.25) is 5.02 Å². The van der Waals surface area contributed by atoms with E-state index in [2.05, 4.69) is 16.8 Å². The normalized spacial score (nSPS) is 34.4. The highest BCUT2D eigenvalue weighted by Crippen LogP contribution is 2.51. The van der Waals surface area contributed by atoms with E-state index < -0.39 is 0 Å². The Labute approximate surface area is 88.9 Å². The first-order valence-corrected chi connectivity index (χ1v) is 5.50. The van der Waals surface area contributed by atoms with Gasteiger partial charge in [-0.05, 0) is 29.9 Å². The molecule has 1 aromatic heterocycles. The molecule has 2 atom stereocenters. The number of piperidine rings is 1. The molecule has 74 valence electrons. The van der Waals surface area contributed by atoms with Gasteiger partial charge in [0.25, 0.3) is 0 Å². The van der Waals surface area contributed by atoms with Crippen LogP contribution in [0.25, 0.3) is 0 Å². The topological polar surface area (TPSA) is 16.1 Å². The smallest absolute Gasteiger partial charge is 0.128 e. The van der Waals surface area contributed by atoms with Crippen LogP contribution in [0.4, 0.5) is 5.82 Å². The summed E-state index contributed by atoms with van der Waals surface area (Å²) in [6.45, 7) is 4.71. The molecule has 2 nitrogen and oxygen atoms in total. The van der Waals surface area contributed by atoms with Crippen molar-refractivity contribution in [1.82, 2.24) is 4.98 Å². The van der Waals surface area contributed by atoms with Crippen molar-refractivity contribution in [2.75, 3.05) is 18.0 Å². The summed E-state index contributed by atoms with van der Waals surface area (Å²) in [5.41, 5.74) is 0. The van der Waals surface area contributed by atoms with Gasteiger partial charge in [-0.15, -0.1) is 0 Å². The lowest BCUT2D eigenvalue weighted by Gasteiger charge is -2.19. The number of nitrogens with zero attached hydrogens (tertiary/aromatic N) is 2. The number of rotatable bonds is 1. The summed E-state index contributed by atoms with van der Waals surface area (Å²) < 4.78 is 0. The van der Waals surface area contributed by atoms with Crippen LogP contribution in [-0.4, -0.2) is 18.1 Å². The maximum Gasteiger partial charge on any atom is 0.128 e. The minimum Gasteiger partial charge on any atom is -0.356 e. The number of pyridine rings is 1. The number of fused-ring (bicyclic) bond motifs is 1. The first-order valence-electron chi connectivity index (χ1n) is 5.12. The third-order valence-corrected chi connectivity index (χ3v) is 3.88. The summed E-state index contributed by atoms with van der Waals surface area (Å²) >= 11 is 5.80. The molecule has 0 spiro atoms. The highest BCUT2D eigenvalue weighted by Gasteiger charge is 2.52. The van der Waals surface area contributed by atoms with Crippen molar-refractivity contribution in [3.8, 4) is 0 Å². The molecule has 2 aliphatic rings. The molecular formula is C11H13ClN2. The molecule has 1 saturated heterocycles. The predicted molar refractivity (Wildman–Crippen MR) is 57.6 cm³/mol. The quantitative estimate of drug-likeness (QED) is 0.705. The molecule has 0 amide bonds. The Morgan fingerprint density at radius 3 is 2.64 bits per heavy atom. The second-order valence-electron chi connectivity index (χ2n) is 4.43. The Morgan fingerprint density at radius 1 is 1.36 bits per heavy atom. The molecule has 1 aliphatic heterocycles. The highest BCUT2D eigenvalue weighted by molar-refractivity contribution is 6.30. The van der Waals surface area contributed by atoms with Gasteiger partial charge in [0.05, 0.1) is 5.02 Å². The monoisotopic (exact) mass is 208 g/mol. The van der Waals surface area contributed by atoms with Crippen molar-refractivity contribution in [3.63, 3.8) is 0 Å². The third kappa shape index (κ3) is 1.21. The van der Waals surface area contributed by atoms with Crippen molar-refractivity contribution in [3.05, 3.63) is 23.4 Å². The molecule has 1 aromatic rings. The maximum absolute atomic E-state index is 5.80. The zero-order chi connectivity index (χ0) is 9.71. The van der Waals surface area contributed by atoms with E-state index in [4.69, 9.17) is 11.6 Å². The fourth-order valence-electron chi connectivity index (χ4n) is 2.57. The summed E-state index contributed by atoms with van der Waals surface area (Å²) in [6.07, 6.45) is 1.73. The Bertz CT molecular complexity index is 337. The minimum absolute atomic E-state index is 0.714. The van der Waals surface area contributed by atoms with E-state index in [0.717, 1.165) is 23.6 Å². The average Bonchev–Trinajstić information content (AvgIpc) is 2.66. The zero-order valence-electron chi connectivity index (χ0n) is 8.15. The van der Waals surface area contributed by atoms with Gasteiger partial charge in [-0.25, -0.2) is 4.98 Å². The number of hydrogen-bond donors (Lipinski definition) is 0. The molecular weight excluding hydrogens is 196 g/mol. The lowest BCUT2D eigenvalue weighted by atomic mass is 10.3. The molecule has 0 aromatic carbocycles. The lowest BCUT2D eigenvalue weighted by Crippen LogP contribution is -2.24. The van der Waals surface area contributed by atoms with Gasteiger partial charge < -0.3 is 4.90 Å². The molecule has 0 N–H and O–H groups in total. The first kappa shape index (κ1) is 8.54. The standard InChI is InChI=1S/C11H13ClN2/c1-7-9-5-14(6-10(7)9)11-3-2-8(12)4-13-11/h2-4,7,9-10H,5-6H2,1H3. The molecule has 2 heterocycles. The van der Waals surface area contributed by atoms with Crippen LogP contribution >= 0.6 is 11.6 Å². The van der Waals surface area contributed by atoms with Crippen molar-refractivity contribution in [2.45, 2.75) is 6.92 Å². The molecule has 2 unspecified atom stereocenters. The van der Waals surface area contributed by atoms with Crippen LogP contribution in [0.15, 0.2) is 18.3 Å². The second kappa shape index (κ2) is 2.86. The molecule has 1 aliphatic carbocycles. The second-order valence-corrected chi connectivity index (χ2v) is 4.86. The summed E-state index contributed by atoms with van der Waals surface area (Å²) in [7, 11) is 0. The zero-order valence-corrected chi connectivity index (χ0v) is 8.91. The minimum atomic E-state index is 0.714. The first-order chi connectivity index (χ1) is 6.75. The molecule has 3 heteroatoms. The van der Waals surface area contributed by atoms with Gasteiger partial charge in [-0.1, -0.05) is 18.5 Å². The number of aromatic nitrogens is 1. The van der Waals surface area contributed by atoms with Gasteiger partial charge >= 0.3 is 0 Å². The summed E-state index contributed by atoms with van der Waals surface area (Å²) in [5.74, 6) is 3.87. The molecule has 0 bridgehead atoms. The van der Waals surface area contributed by atoms with E-state index in [0.29, 0.717) is 5.02 Å². The summed E-state index contributed by atoms with van der Waals surface area (Å²) in [5, 5.41) is 0.714. The van der Waals surface area contributed by atoms with Crippen molar-refractivity contribution in [1.29, 1.82) is 0 Å². The van der Waals surface area contributed by atoms with Crippen LogP contribution in [0.5, 0.6) is 0 Å². The van der Waals surface area contributed by atoms with E-state index in [1.165, 1.54) is 13.1 Å². The average molecular weight is 209 g/mol. The van der Waals surface area contributed by atoms with E-state index >= 15 is 0 Å². The highest BCUT2D eigenvalue weighted by atomic mass is 35.5. The Kier molecular flexibility index (Phi) is 1.75. The fourth-order valence-corrected chi connectivity index (χ4v) is 2.68. The molecule has 3 rings (SSSR count). The lowest BCUT2D eigenvalue weighted by molar-refractivity contribution is 0.684. The molecule has 1 saturated carbocycles. The predicted octanol–water partition coefficient (Wildman–Crippen LogP) is 2.44. The largest absolute Gasteiger partial charge is 0.356 e. The van der Waals surface area contributed by atoms with E-state index in [9.17, 15) is 0 Å². The fraction of sp³-hybridized carbons (Fsp3) is 0.545. The van der Waals surface area contributed by atoms with Crippen LogP contribution in [0.1, 0.15) is 6.92 Å². The van der Waals surface area contributed by atoms with Crippen molar-refractivity contribution >= 4 is 17.4 Å². The van der Waals surface area contributed by atoms with E-state index in [1.807, 2.05) is 12.1 Å². The number of anilines is 1. The number of hydrogen-bond acceptors (Lipinski definition) is 2. The van der Waals surface area contributed by atoms with Crippen LogP contribution < -0.4 is 4.90 Å². The van der Waals surface area contributed by atoms with Crippen molar-refractivity contribution in [2.24, 2.45) is 17.8 Å². The molecule has 2 fully saturated rings. The van der Waals surface area contributed by atoms with Gasteiger partial charge in [0, 0.05) is 19.3 Å². The Morgan fingerprint density at radius 2 is 2.07 bits per heavy atom. The van der Waals surface area contributed by atoms with Crippen molar-refractivity contribution < 1.29 is 0 Å². The molecule has 14 heavy (non-hydrogen) atoms. The SMILES string of the molecule is CC1C2CN(c3ccc(Cl)cn3)CC12. The van der Waals surface area contributed by atoms with Crippen LogP contribution in [0.3, 0.4) is 0 Å². The van der Waals surface area contributed by atoms with Gasteiger partial charge in [0.15, 0.2) is 0 Å². The Balaban J connectivity index is 1.76. The van der Waals surface area contributed by atoms with Gasteiger partial charge in [0.2, 0.25) is 0 Å². The van der Waals surface area contributed by atoms with Gasteiger partial charge in [0.1, 0.15) is 5.82 Å². The number of halogens is 1. The van der Waals surface area contributed by atoms with Crippen LogP contribution in [0, 0.1) is 17.8 Å². The van der Waals surface area contributed by atoms with Crippen LogP contribution in [-0.2, 0) is 0 Å². The molecule has 0 radical (unpaired) electrons. The van der Waals surface area contributed by atoms with E-state index in [1.54, 1.807) is 6.20 Å². The third-order valence-electron chi connectivity index (χ3n) is 3.66. The van der Waals surface area contributed by atoms with E-state index in [-0.39, 0.29) is 0 Å². The van der Waals surface area contributed by atoms with Gasteiger partial charge in [-0.3, -0.25) is 0 Å². The Hall–Kier alpha value is -0.760. The summed E-state index contributed by atoms with van der Waals surface area (Å²) in [4.78, 5) is 6.70. The maximum atomic E-state index is 5.80.